The molecule has 2 aliphatic carbocycles. The molecule has 2 aliphatic rings. The van der Waals surface area contributed by atoms with Gasteiger partial charge < -0.3 is 9.84 Å². The highest BCUT2D eigenvalue weighted by molar-refractivity contribution is 4.84. The first kappa shape index (κ1) is 11.4. The maximum atomic E-state index is 10.1. The van der Waals surface area contributed by atoms with Crippen molar-refractivity contribution in [3.05, 3.63) is 0 Å². The lowest BCUT2D eigenvalue weighted by molar-refractivity contribution is -0.0589. The Kier molecular flexibility index (Phi) is 4.04. The molecule has 0 bridgehead atoms. The Bertz CT molecular complexity index is 183. The van der Waals surface area contributed by atoms with Crippen molar-refractivity contribution in [2.45, 2.75) is 63.6 Å². The van der Waals surface area contributed by atoms with E-state index in [-0.39, 0.29) is 12.2 Å². The van der Waals surface area contributed by atoms with E-state index in [4.69, 9.17) is 4.74 Å². The summed E-state index contributed by atoms with van der Waals surface area (Å²) in [6, 6.07) is 0. The van der Waals surface area contributed by atoms with E-state index in [1.807, 2.05) is 0 Å². The molecule has 1 N–H and O–H groups in total. The Balaban J connectivity index is 1.82. The number of rotatable bonds is 5. The number of hydrogen-bond acceptors (Lipinski definition) is 2. The van der Waals surface area contributed by atoms with Crippen molar-refractivity contribution in [3.8, 4) is 0 Å². The quantitative estimate of drug-likeness (QED) is 0.759. The van der Waals surface area contributed by atoms with Crippen LogP contribution >= 0.6 is 0 Å². The zero-order valence-electron chi connectivity index (χ0n) is 9.82. The smallest absolute Gasteiger partial charge is 0.0858 e. The van der Waals surface area contributed by atoms with Gasteiger partial charge in [0, 0.05) is 7.11 Å². The fourth-order valence-electron chi connectivity index (χ4n) is 2.96. The molecule has 2 saturated carbocycles. The standard InChI is InChI=1S/C13H24O2/c1-15-13(11-5-3-2-4-6-11)12(14)9-10-7-8-10/h10-14H,2-9H2,1H3. The molecule has 2 atom stereocenters. The minimum atomic E-state index is -0.217. The van der Waals surface area contributed by atoms with Gasteiger partial charge in [0.25, 0.3) is 0 Å². The third-order valence-electron chi connectivity index (χ3n) is 4.04. The van der Waals surface area contributed by atoms with Gasteiger partial charge in [-0.25, -0.2) is 0 Å². The molecule has 0 amide bonds. The number of methoxy groups -OCH3 is 1. The average molecular weight is 212 g/mol. The Morgan fingerprint density at radius 2 is 1.80 bits per heavy atom. The third-order valence-corrected chi connectivity index (χ3v) is 4.04. The predicted octanol–water partition coefficient (Wildman–Crippen LogP) is 2.74. The molecule has 0 aliphatic heterocycles. The largest absolute Gasteiger partial charge is 0.390 e. The van der Waals surface area contributed by atoms with Crippen LogP contribution in [0.1, 0.15) is 51.4 Å². The molecule has 0 radical (unpaired) electrons. The Morgan fingerprint density at radius 1 is 1.13 bits per heavy atom. The molecule has 0 saturated heterocycles. The van der Waals surface area contributed by atoms with E-state index in [1.54, 1.807) is 7.11 Å². The van der Waals surface area contributed by atoms with Gasteiger partial charge in [-0.2, -0.15) is 0 Å². The Morgan fingerprint density at radius 3 is 2.33 bits per heavy atom. The third kappa shape index (κ3) is 3.18. The molecule has 15 heavy (non-hydrogen) atoms. The van der Waals surface area contributed by atoms with Crippen LogP contribution in [-0.4, -0.2) is 24.4 Å². The number of aliphatic hydroxyl groups excluding tert-OH is 1. The topological polar surface area (TPSA) is 29.5 Å². The van der Waals surface area contributed by atoms with Crippen molar-refractivity contribution in [2.24, 2.45) is 11.8 Å². The summed E-state index contributed by atoms with van der Waals surface area (Å²) in [5.41, 5.74) is 0. The summed E-state index contributed by atoms with van der Waals surface area (Å²) in [6.07, 6.45) is 10.00. The maximum Gasteiger partial charge on any atom is 0.0858 e. The molecule has 2 nitrogen and oxygen atoms in total. The molecular formula is C13H24O2. The summed E-state index contributed by atoms with van der Waals surface area (Å²) in [7, 11) is 1.76. The van der Waals surface area contributed by atoms with E-state index in [2.05, 4.69) is 0 Å². The van der Waals surface area contributed by atoms with Gasteiger partial charge in [-0.3, -0.25) is 0 Å². The van der Waals surface area contributed by atoms with Gasteiger partial charge in [0.1, 0.15) is 0 Å². The molecule has 2 heteroatoms. The molecule has 2 unspecified atom stereocenters. The van der Waals surface area contributed by atoms with Gasteiger partial charge in [0.15, 0.2) is 0 Å². The van der Waals surface area contributed by atoms with Gasteiger partial charge >= 0.3 is 0 Å². The lowest BCUT2D eigenvalue weighted by atomic mass is 9.82. The van der Waals surface area contributed by atoms with Crippen molar-refractivity contribution >= 4 is 0 Å². The van der Waals surface area contributed by atoms with Gasteiger partial charge in [-0.1, -0.05) is 32.1 Å². The molecule has 0 aromatic rings. The predicted molar refractivity (Wildman–Crippen MR) is 60.7 cm³/mol. The minimum Gasteiger partial charge on any atom is -0.390 e. The van der Waals surface area contributed by atoms with Crippen molar-refractivity contribution in [1.82, 2.24) is 0 Å². The van der Waals surface area contributed by atoms with Crippen LogP contribution < -0.4 is 0 Å². The van der Waals surface area contributed by atoms with Gasteiger partial charge in [-0.05, 0) is 31.1 Å². The van der Waals surface area contributed by atoms with Crippen LogP contribution in [-0.2, 0) is 4.74 Å². The molecule has 0 aromatic heterocycles. The average Bonchev–Trinajstić information content (AvgIpc) is 3.04. The van der Waals surface area contributed by atoms with E-state index in [1.165, 1.54) is 44.9 Å². The van der Waals surface area contributed by atoms with Gasteiger partial charge in [0.2, 0.25) is 0 Å². The number of hydrogen-bond donors (Lipinski definition) is 1. The van der Waals surface area contributed by atoms with E-state index in [0.29, 0.717) is 5.92 Å². The Hall–Kier alpha value is -0.0800. The highest BCUT2D eigenvalue weighted by Gasteiger charge is 2.33. The second-order valence-electron chi connectivity index (χ2n) is 5.34. The zero-order valence-corrected chi connectivity index (χ0v) is 9.82. The first-order valence-corrected chi connectivity index (χ1v) is 6.52. The SMILES string of the molecule is COC(C(O)CC1CC1)C1CCCCC1. The molecule has 0 spiro atoms. The van der Waals surface area contributed by atoms with Crippen LogP contribution in [0.15, 0.2) is 0 Å². The summed E-state index contributed by atoms with van der Waals surface area (Å²) in [4.78, 5) is 0. The monoisotopic (exact) mass is 212 g/mol. The summed E-state index contributed by atoms with van der Waals surface area (Å²) in [5, 5.41) is 10.1. The van der Waals surface area contributed by atoms with Crippen LogP contribution in [0.4, 0.5) is 0 Å². The van der Waals surface area contributed by atoms with Crippen molar-refractivity contribution in [3.63, 3.8) is 0 Å². The van der Waals surface area contributed by atoms with Crippen molar-refractivity contribution in [1.29, 1.82) is 0 Å². The normalized spacial score (nSPS) is 27.6. The van der Waals surface area contributed by atoms with Crippen LogP contribution in [0.25, 0.3) is 0 Å². The molecular weight excluding hydrogens is 188 g/mol. The fourth-order valence-corrected chi connectivity index (χ4v) is 2.96. The van der Waals surface area contributed by atoms with E-state index >= 15 is 0 Å². The second kappa shape index (κ2) is 5.31. The first-order chi connectivity index (χ1) is 7.31. The lowest BCUT2D eigenvalue weighted by Gasteiger charge is -2.32. The second-order valence-corrected chi connectivity index (χ2v) is 5.34. The number of ether oxygens (including phenoxy) is 1. The zero-order chi connectivity index (χ0) is 10.7. The van der Waals surface area contributed by atoms with Crippen molar-refractivity contribution < 1.29 is 9.84 Å². The number of aliphatic hydroxyl groups is 1. The minimum absolute atomic E-state index is 0.103. The molecule has 0 heterocycles. The van der Waals surface area contributed by atoms with Crippen LogP contribution in [0, 0.1) is 11.8 Å². The summed E-state index contributed by atoms with van der Waals surface area (Å²) >= 11 is 0. The lowest BCUT2D eigenvalue weighted by Crippen LogP contribution is -2.36. The maximum absolute atomic E-state index is 10.1. The first-order valence-electron chi connectivity index (χ1n) is 6.52. The van der Waals surface area contributed by atoms with E-state index in [9.17, 15) is 5.11 Å². The van der Waals surface area contributed by atoms with Crippen molar-refractivity contribution in [2.75, 3.05) is 7.11 Å². The Labute approximate surface area is 93.0 Å². The fraction of sp³-hybridized carbons (Fsp3) is 1.00. The molecule has 0 aromatic carbocycles. The molecule has 88 valence electrons. The van der Waals surface area contributed by atoms with E-state index < -0.39 is 0 Å². The highest BCUT2D eigenvalue weighted by Crippen LogP contribution is 2.37. The summed E-state index contributed by atoms with van der Waals surface area (Å²) < 4.78 is 5.53. The van der Waals surface area contributed by atoms with Crippen LogP contribution in [0.3, 0.4) is 0 Å². The van der Waals surface area contributed by atoms with E-state index in [0.717, 1.165) is 12.3 Å². The van der Waals surface area contributed by atoms with Crippen LogP contribution in [0.2, 0.25) is 0 Å². The summed E-state index contributed by atoms with van der Waals surface area (Å²) in [6.45, 7) is 0. The van der Waals surface area contributed by atoms with Gasteiger partial charge in [0.05, 0.1) is 12.2 Å². The summed E-state index contributed by atoms with van der Waals surface area (Å²) in [5.74, 6) is 1.40. The van der Waals surface area contributed by atoms with Gasteiger partial charge in [-0.15, -0.1) is 0 Å². The molecule has 2 rings (SSSR count). The molecule has 2 fully saturated rings. The highest BCUT2D eigenvalue weighted by atomic mass is 16.5. The van der Waals surface area contributed by atoms with Crippen LogP contribution in [0.5, 0.6) is 0 Å².